The Balaban J connectivity index is 2.16. The number of rotatable bonds is 6. The first-order chi connectivity index (χ1) is 14.9. The number of aryl methyl sites for hydroxylation is 3. The molecule has 1 N–H and O–H groups in total. The molecule has 0 unspecified atom stereocenters. The molecule has 0 radical (unpaired) electrons. The Morgan fingerprint density at radius 1 is 1.06 bits per heavy atom. The zero-order valence-electron chi connectivity index (χ0n) is 18.1. The molecule has 8 nitrogen and oxygen atoms in total. The number of hydrogen-bond donors (Lipinski definition) is 1. The van der Waals surface area contributed by atoms with Crippen LogP contribution >= 0.6 is 23.2 Å². The third-order valence-corrected chi connectivity index (χ3v) is 6.85. The maximum Gasteiger partial charge on any atom is 0.324 e. The highest BCUT2D eigenvalue weighted by Gasteiger charge is 2.19. The van der Waals surface area contributed by atoms with Crippen LogP contribution < -0.4 is 15.0 Å². The van der Waals surface area contributed by atoms with E-state index in [4.69, 9.17) is 27.9 Å². The van der Waals surface area contributed by atoms with E-state index in [0.717, 1.165) is 0 Å². The lowest BCUT2D eigenvalue weighted by Gasteiger charge is -2.14. The second-order valence-electron chi connectivity index (χ2n) is 7.58. The molecule has 0 aliphatic rings. The van der Waals surface area contributed by atoms with Gasteiger partial charge in [0, 0.05) is 35.5 Å². The van der Waals surface area contributed by atoms with Crippen LogP contribution in [-0.2, 0) is 17.1 Å². The van der Waals surface area contributed by atoms with Crippen LogP contribution in [0.5, 0.6) is 11.8 Å². The van der Waals surface area contributed by atoms with Gasteiger partial charge >= 0.3 is 6.01 Å². The van der Waals surface area contributed by atoms with Crippen LogP contribution in [-0.4, -0.2) is 28.2 Å². The first-order valence-corrected chi connectivity index (χ1v) is 11.9. The predicted octanol–water partition coefficient (Wildman–Crippen LogP) is 4.71. The van der Waals surface area contributed by atoms with Crippen molar-refractivity contribution >= 4 is 39.0 Å². The fourth-order valence-electron chi connectivity index (χ4n) is 2.86. The predicted molar refractivity (Wildman–Crippen MR) is 126 cm³/mol. The van der Waals surface area contributed by atoms with E-state index >= 15 is 0 Å². The van der Waals surface area contributed by atoms with Gasteiger partial charge in [0.2, 0.25) is 10.0 Å². The molecule has 170 valence electrons. The van der Waals surface area contributed by atoms with Crippen molar-refractivity contribution < 1.29 is 13.2 Å². The number of aromatic nitrogens is 3. The van der Waals surface area contributed by atoms with Gasteiger partial charge in [-0.15, -0.1) is 0 Å². The Morgan fingerprint density at radius 3 is 2.34 bits per heavy atom. The van der Waals surface area contributed by atoms with Crippen LogP contribution in [0.15, 0.2) is 35.3 Å². The number of benzene rings is 1. The van der Waals surface area contributed by atoms with Crippen molar-refractivity contribution in [1.82, 2.24) is 14.5 Å². The zero-order chi connectivity index (χ0) is 23.8. The highest BCUT2D eigenvalue weighted by atomic mass is 35.5. The number of nitrogens with one attached hydrogen (secondary N) is 1. The molecule has 0 spiro atoms. The molecule has 0 aliphatic carbocycles. The summed E-state index contributed by atoms with van der Waals surface area (Å²) in [6.45, 7) is 6.55. The van der Waals surface area contributed by atoms with Crippen molar-refractivity contribution in [2.24, 2.45) is 7.05 Å². The van der Waals surface area contributed by atoms with Crippen molar-refractivity contribution in [3.63, 3.8) is 0 Å². The van der Waals surface area contributed by atoms with Gasteiger partial charge in [0.15, 0.2) is 5.75 Å². The fourth-order valence-corrected chi connectivity index (χ4v) is 4.13. The average Bonchev–Trinajstić information content (AvgIpc) is 2.67. The van der Waals surface area contributed by atoms with E-state index in [-0.39, 0.29) is 22.4 Å². The monoisotopic (exact) mass is 496 g/mol. The molecule has 0 fully saturated rings. The normalized spacial score (nSPS) is 11.6. The number of sulfonamides is 1. The van der Waals surface area contributed by atoms with E-state index in [9.17, 15) is 13.2 Å². The van der Waals surface area contributed by atoms with Gasteiger partial charge in [-0.3, -0.25) is 9.52 Å². The number of nitrogens with zero attached hydrogens (tertiary/aromatic N) is 3. The standard InChI is InChI=1S/C21H22Cl2N4O4S/c1-11(2)32(29,30)26-18-9-17(14-6-13(4)20(28)27(5)10-14)24-21(25-18)31-19-12(3)7-15(22)8-16(19)23/h6-11H,1-5H3,(H,24,25,26). The number of hydrogen-bond acceptors (Lipinski definition) is 6. The summed E-state index contributed by atoms with van der Waals surface area (Å²) >= 11 is 12.3. The van der Waals surface area contributed by atoms with E-state index in [0.29, 0.717) is 33.2 Å². The van der Waals surface area contributed by atoms with Gasteiger partial charge in [-0.05, 0) is 51.5 Å². The summed E-state index contributed by atoms with van der Waals surface area (Å²) in [6.07, 6.45) is 1.60. The molecule has 1 aromatic carbocycles. The van der Waals surface area contributed by atoms with Crippen molar-refractivity contribution in [2.45, 2.75) is 32.9 Å². The first kappa shape index (κ1) is 24.0. The molecule has 0 bridgehead atoms. The lowest BCUT2D eigenvalue weighted by molar-refractivity contribution is 0.440. The highest BCUT2D eigenvalue weighted by Crippen LogP contribution is 2.35. The van der Waals surface area contributed by atoms with E-state index < -0.39 is 15.3 Å². The van der Waals surface area contributed by atoms with Crippen molar-refractivity contribution in [2.75, 3.05) is 4.72 Å². The van der Waals surface area contributed by atoms with Crippen LogP contribution in [0, 0.1) is 13.8 Å². The minimum Gasteiger partial charge on any atom is -0.422 e. The lowest BCUT2D eigenvalue weighted by atomic mass is 10.1. The largest absolute Gasteiger partial charge is 0.422 e. The maximum absolute atomic E-state index is 12.4. The molecule has 0 saturated carbocycles. The summed E-state index contributed by atoms with van der Waals surface area (Å²) in [6, 6.07) is 6.21. The van der Waals surface area contributed by atoms with Crippen LogP contribution in [0.3, 0.4) is 0 Å². The van der Waals surface area contributed by atoms with Crippen molar-refractivity contribution in [1.29, 1.82) is 0 Å². The molecule has 3 aromatic rings. The van der Waals surface area contributed by atoms with Gasteiger partial charge in [0.1, 0.15) is 5.82 Å². The Labute approximate surface area is 196 Å². The van der Waals surface area contributed by atoms with Gasteiger partial charge in [-0.1, -0.05) is 23.2 Å². The van der Waals surface area contributed by atoms with E-state index in [2.05, 4.69) is 14.7 Å². The third-order valence-electron chi connectivity index (χ3n) is 4.62. The molecule has 0 saturated heterocycles. The van der Waals surface area contributed by atoms with Gasteiger partial charge < -0.3 is 9.30 Å². The van der Waals surface area contributed by atoms with Crippen LogP contribution in [0.4, 0.5) is 5.82 Å². The molecular weight excluding hydrogens is 475 g/mol. The van der Waals surface area contributed by atoms with Gasteiger partial charge in [-0.25, -0.2) is 8.42 Å². The topological polar surface area (TPSA) is 103 Å². The summed E-state index contributed by atoms with van der Waals surface area (Å²) in [5.41, 5.74) is 1.95. The molecule has 0 atom stereocenters. The molecule has 32 heavy (non-hydrogen) atoms. The molecule has 2 aromatic heterocycles. The summed E-state index contributed by atoms with van der Waals surface area (Å²) in [5, 5.41) is 0.0184. The quantitative estimate of drug-likeness (QED) is 0.529. The minimum atomic E-state index is -3.68. The molecule has 2 heterocycles. The second kappa shape index (κ2) is 9.09. The van der Waals surface area contributed by atoms with Crippen LogP contribution in [0.1, 0.15) is 25.0 Å². The molecular formula is C21H22Cl2N4O4S. The highest BCUT2D eigenvalue weighted by molar-refractivity contribution is 7.93. The average molecular weight is 497 g/mol. The van der Waals surface area contributed by atoms with Gasteiger partial charge in [0.25, 0.3) is 5.56 Å². The Bertz CT molecular complexity index is 1310. The van der Waals surface area contributed by atoms with Crippen molar-refractivity contribution in [3.8, 4) is 23.0 Å². The lowest BCUT2D eigenvalue weighted by Crippen LogP contribution is -2.23. The number of ether oxygens (including phenoxy) is 1. The third kappa shape index (κ3) is 5.23. The second-order valence-corrected chi connectivity index (χ2v) is 10.7. The van der Waals surface area contributed by atoms with Crippen LogP contribution in [0.25, 0.3) is 11.3 Å². The summed E-state index contributed by atoms with van der Waals surface area (Å²) < 4.78 is 34.6. The van der Waals surface area contributed by atoms with Gasteiger partial charge in [-0.2, -0.15) is 9.97 Å². The molecule has 0 amide bonds. The van der Waals surface area contributed by atoms with E-state index in [1.54, 1.807) is 53.1 Å². The van der Waals surface area contributed by atoms with Crippen LogP contribution in [0.2, 0.25) is 10.0 Å². The summed E-state index contributed by atoms with van der Waals surface area (Å²) in [4.78, 5) is 20.7. The summed E-state index contributed by atoms with van der Waals surface area (Å²) in [7, 11) is -2.06. The maximum atomic E-state index is 12.4. The zero-order valence-corrected chi connectivity index (χ0v) is 20.4. The van der Waals surface area contributed by atoms with E-state index in [1.807, 2.05) is 0 Å². The van der Waals surface area contributed by atoms with Crippen molar-refractivity contribution in [3.05, 3.63) is 62.0 Å². The molecule has 11 heteroatoms. The first-order valence-electron chi connectivity index (χ1n) is 9.59. The smallest absolute Gasteiger partial charge is 0.324 e. The number of anilines is 1. The Kier molecular flexibility index (Phi) is 6.83. The van der Waals surface area contributed by atoms with E-state index in [1.165, 1.54) is 16.7 Å². The summed E-state index contributed by atoms with van der Waals surface area (Å²) in [5.74, 6) is 0.315. The molecule has 0 aliphatic heterocycles. The SMILES string of the molecule is Cc1cc(Cl)cc(Cl)c1Oc1nc(NS(=O)(=O)C(C)C)cc(-c2cc(C)c(=O)n(C)c2)n1. The fraction of sp³-hybridized carbons (Fsp3) is 0.286. The Morgan fingerprint density at radius 2 is 1.75 bits per heavy atom. The van der Waals surface area contributed by atoms with Gasteiger partial charge in [0.05, 0.1) is 16.0 Å². The number of halogens is 2. The minimum absolute atomic E-state index is 0.0212. The number of pyridine rings is 1. The Hall–Kier alpha value is -2.62. The molecule has 3 rings (SSSR count).